The molecule has 248 valence electrons. The van der Waals surface area contributed by atoms with Gasteiger partial charge in [0.1, 0.15) is 0 Å². The smallest absolute Gasteiger partial charge is 0.0159 e. The molecule has 11 rings (SSSR count). The molecule has 0 aliphatic heterocycles. The second kappa shape index (κ2) is 11.2. The summed E-state index contributed by atoms with van der Waals surface area (Å²) in [4.78, 5) is 0. The minimum absolute atomic E-state index is 0.0636. The molecule has 0 N–H and O–H groups in total. The Bertz CT molecular complexity index is 3080. The van der Waals surface area contributed by atoms with Gasteiger partial charge >= 0.3 is 0 Å². The molecule has 0 nitrogen and oxygen atoms in total. The zero-order valence-corrected chi connectivity index (χ0v) is 29.8. The van der Waals surface area contributed by atoms with Gasteiger partial charge < -0.3 is 0 Å². The van der Waals surface area contributed by atoms with Crippen molar-refractivity contribution in [2.24, 2.45) is 0 Å². The lowest BCUT2D eigenvalue weighted by atomic mass is 9.80. The van der Waals surface area contributed by atoms with Crippen LogP contribution in [0.4, 0.5) is 0 Å². The van der Waals surface area contributed by atoms with Gasteiger partial charge in [0.25, 0.3) is 0 Å². The summed E-state index contributed by atoms with van der Waals surface area (Å²) in [5, 5.41) is 12.8. The van der Waals surface area contributed by atoms with E-state index < -0.39 is 0 Å². The molecular formula is C53H36. The molecule has 10 aromatic rings. The average molecular weight is 673 g/mol. The molecule has 0 saturated carbocycles. The predicted molar refractivity (Wildman–Crippen MR) is 228 cm³/mol. The highest BCUT2D eigenvalue weighted by atomic mass is 14.4. The Morgan fingerprint density at radius 2 is 0.698 bits per heavy atom. The van der Waals surface area contributed by atoms with Gasteiger partial charge in [-0.1, -0.05) is 172 Å². The second-order valence-electron chi connectivity index (χ2n) is 15.2. The minimum atomic E-state index is -0.0636. The molecule has 1 aliphatic rings. The largest absolute Gasteiger partial charge is 0.0619 e. The predicted octanol–water partition coefficient (Wildman–Crippen LogP) is 14.8. The van der Waals surface area contributed by atoms with Gasteiger partial charge in [-0.3, -0.25) is 0 Å². The highest BCUT2D eigenvalue weighted by Gasteiger charge is 2.37. The summed E-state index contributed by atoms with van der Waals surface area (Å²) in [5.41, 5.74) is 13.1. The first-order valence-electron chi connectivity index (χ1n) is 18.7. The van der Waals surface area contributed by atoms with Gasteiger partial charge in [0, 0.05) is 5.41 Å². The van der Waals surface area contributed by atoms with E-state index >= 15 is 0 Å². The molecule has 0 aromatic heterocycles. The summed E-state index contributed by atoms with van der Waals surface area (Å²) >= 11 is 0. The van der Waals surface area contributed by atoms with Gasteiger partial charge in [0.2, 0.25) is 0 Å². The first-order chi connectivity index (χ1) is 26.0. The molecule has 0 heterocycles. The third-order valence-electron chi connectivity index (χ3n) is 12.0. The lowest BCUT2D eigenvalue weighted by molar-refractivity contribution is 0.661. The maximum absolute atomic E-state index is 2.47. The van der Waals surface area contributed by atoms with Crippen LogP contribution in [-0.4, -0.2) is 0 Å². The molecule has 10 aromatic carbocycles. The fraction of sp³-hybridized carbons (Fsp3) is 0.0566. The standard InChI is InChI=1S/C53H36/c1-53(2)48-22-12-11-21-46(48)52-41-16-6-5-15-40(41)47(32-49(52)53)37-26-24-36-31-39(28-25-35(36)29-37)51-44-19-9-7-17-42(44)50(43-18-8-10-20-45(43)51)38-27-23-33-13-3-4-14-34(33)30-38/h3-32H,1-2H3. The van der Waals surface area contributed by atoms with E-state index in [0.717, 1.165) is 0 Å². The number of benzene rings is 10. The van der Waals surface area contributed by atoms with Gasteiger partial charge in [0.05, 0.1) is 0 Å². The van der Waals surface area contributed by atoms with Crippen molar-refractivity contribution in [3.63, 3.8) is 0 Å². The molecule has 0 spiro atoms. The minimum Gasteiger partial charge on any atom is -0.0619 e. The maximum Gasteiger partial charge on any atom is 0.0159 e. The third kappa shape index (κ3) is 4.42. The van der Waals surface area contributed by atoms with Gasteiger partial charge in [-0.15, -0.1) is 0 Å². The fourth-order valence-electron chi connectivity index (χ4n) is 9.45. The zero-order chi connectivity index (χ0) is 35.3. The Balaban J connectivity index is 1.09. The molecule has 0 amide bonds. The molecule has 53 heavy (non-hydrogen) atoms. The van der Waals surface area contributed by atoms with Gasteiger partial charge in [-0.05, 0) is 134 Å². The topological polar surface area (TPSA) is 0 Å². The molecule has 0 radical (unpaired) electrons. The van der Waals surface area contributed by atoms with Crippen LogP contribution in [0, 0.1) is 0 Å². The first kappa shape index (κ1) is 30.2. The molecule has 0 atom stereocenters. The molecule has 0 bridgehead atoms. The normalized spacial score (nSPS) is 13.2. The summed E-state index contributed by atoms with van der Waals surface area (Å²) in [6.45, 7) is 4.75. The quantitative estimate of drug-likeness (QED) is 0.164. The van der Waals surface area contributed by atoms with Crippen molar-refractivity contribution in [3.05, 3.63) is 193 Å². The van der Waals surface area contributed by atoms with Crippen LogP contribution in [0.25, 0.3) is 98.4 Å². The van der Waals surface area contributed by atoms with Crippen molar-refractivity contribution < 1.29 is 0 Å². The van der Waals surface area contributed by atoms with E-state index in [1.165, 1.54) is 109 Å². The van der Waals surface area contributed by atoms with Crippen LogP contribution in [0.15, 0.2) is 182 Å². The van der Waals surface area contributed by atoms with Crippen molar-refractivity contribution in [3.8, 4) is 44.5 Å². The van der Waals surface area contributed by atoms with Crippen molar-refractivity contribution in [1.29, 1.82) is 0 Å². The summed E-state index contributed by atoms with van der Waals surface area (Å²) in [6.07, 6.45) is 0. The van der Waals surface area contributed by atoms with Crippen LogP contribution in [0.5, 0.6) is 0 Å². The van der Waals surface area contributed by atoms with Crippen LogP contribution in [0.3, 0.4) is 0 Å². The molecule has 1 aliphatic carbocycles. The molecule has 0 saturated heterocycles. The zero-order valence-electron chi connectivity index (χ0n) is 29.8. The van der Waals surface area contributed by atoms with Crippen LogP contribution in [0.2, 0.25) is 0 Å². The Labute approximate surface area is 309 Å². The summed E-state index contributed by atoms with van der Waals surface area (Å²) in [6, 6.07) is 67.9. The third-order valence-corrected chi connectivity index (χ3v) is 12.0. The van der Waals surface area contributed by atoms with E-state index in [4.69, 9.17) is 0 Å². The molecule has 0 unspecified atom stereocenters. The first-order valence-corrected chi connectivity index (χ1v) is 18.7. The Morgan fingerprint density at radius 1 is 0.283 bits per heavy atom. The number of hydrogen-bond donors (Lipinski definition) is 0. The molecule has 0 fully saturated rings. The number of rotatable bonds is 3. The van der Waals surface area contributed by atoms with Crippen LogP contribution in [-0.2, 0) is 5.41 Å². The van der Waals surface area contributed by atoms with Gasteiger partial charge in [0.15, 0.2) is 0 Å². The van der Waals surface area contributed by atoms with Crippen molar-refractivity contribution >= 4 is 53.9 Å². The SMILES string of the molecule is CC1(C)c2ccccc2-c2c1cc(-c1ccc3cc(-c4c5ccccc5c(-c5ccc6ccccc6c5)c5ccccc45)ccc3c1)c1ccccc21. The maximum atomic E-state index is 2.47. The van der Waals surface area contributed by atoms with Gasteiger partial charge in [-0.2, -0.15) is 0 Å². The van der Waals surface area contributed by atoms with E-state index in [1.54, 1.807) is 0 Å². The van der Waals surface area contributed by atoms with Crippen molar-refractivity contribution in [2.75, 3.05) is 0 Å². The second-order valence-corrected chi connectivity index (χ2v) is 15.2. The highest BCUT2D eigenvalue weighted by Crippen LogP contribution is 2.53. The summed E-state index contributed by atoms with van der Waals surface area (Å²) in [7, 11) is 0. The lowest BCUT2D eigenvalue weighted by Gasteiger charge is -2.23. The van der Waals surface area contributed by atoms with E-state index in [9.17, 15) is 0 Å². The van der Waals surface area contributed by atoms with Crippen molar-refractivity contribution in [1.82, 2.24) is 0 Å². The lowest BCUT2D eigenvalue weighted by Crippen LogP contribution is -2.15. The summed E-state index contributed by atoms with van der Waals surface area (Å²) < 4.78 is 0. The van der Waals surface area contributed by atoms with Gasteiger partial charge in [-0.25, -0.2) is 0 Å². The Hall–Kier alpha value is -6.50. The molecule has 0 heteroatoms. The summed E-state index contributed by atoms with van der Waals surface area (Å²) in [5.74, 6) is 0. The van der Waals surface area contributed by atoms with E-state index in [1.807, 2.05) is 0 Å². The van der Waals surface area contributed by atoms with Crippen LogP contribution < -0.4 is 0 Å². The average Bonchev–Trinajstić information content (AvgIpc) is 3.44. The monoisotopic (exact) mass is 672 g/mol. The fourth-order valence-corrected chi connectivity index (χ4v) is 9.45. The van der Waals surface area contributed by atoms with E-state index in [2.05, 4.69) is 196 Å². The Kier molecular flexibility index (Phi) is 6.40. The number of fused-ring (bicyclic) bond motifs is 9. The van der Waals surface area contributed by atoms with Crippen molar-refractivity contribution in [2.45, 2.75) is 19.3 Å². The Morgan fingerprint density at radius 3 is 1.30 bits per heavy atom. The van der Waals surface area contributed by atoms with E-state index in [0.29, 0.717) is 0 Å². The number of hydrogen-bond acceptors (Lipinski definition) is 0. The molecular weight excluding hydrogens is 637 g/mol. The van der Waals surface area contributed by atoms with Crippen LogP contribution >= 0.6 is 0 Å². The van der Waals surface area contributed by atoms with Crippen LogP contribution in [0.1, 0.15) is 25.0 Å². The highest BCUT2D eigenvalue weighted by molar-refractivity contribution is 6.22. The van der Waals surface area contributed by atoms with E-state index in [-0.39, 0.29) is 5.41 Å².